The van der Waals surface area contributed by atoms with Crippen LogP contribution in [0.5, 0.6) is 0 Å². The number of carboxylic acids is 1. The number of nitrogens with one attached hydrogen (secondary N) is 1. The highest BCUT2D eigenvalue weighted by Crippen LogP contribution is 2.47. The lowest BCUT2D eigenvalue weighted by Crippen LogP contribution is -2.47. The van der Waals surface area contributed by atoms with Crippen LogP contribution in [0.15, 0.2) is 0 Å². The lowest BCUT2D eigenvalue weighted by atomic mass is 9.94. The Kier molecular flexibility index (Phi) is 1.69. The molecule has 78 valence electrons. The summed E-state index contributed by atoms with van der Waals surface area (Å²) in [4.78, 5) is 11.0. The second kappa shape index (κ2) is 2.72. The van der Waals surface area contributed by atoms with Gasteiger partial charge in [-0.15, -0.1) is 0 Å². The Morgan fingerprint density at radius 1 is 1.29 bits per heavy atom. The van der Waals surface area contributed by atoms with Gasteiger partial charge in [-0.2, -0.15) is 0 Å². The first-order chi connectivity index (χ1) is 6.70. The van der Waals surface area contributed by atoms with Crippen molar-refractivity contribution in [3.05, 3.63) is 0 Å². The Labute approximate surface area is 83.9 Å². The minimum absolute atomic E-state index is 0.507. The maximum atomic E-state index is 11.0. The molecule has 3 rings (SSSR count). The molecule has 2 N–H and O–H groups in total. The van der Waals surface area contributed by atoms with E-state index in [0.717, 1.165) is 24.7 Å². The number of rotatable bonds is 3. The highest BCUT2D eigenvalue weighted by atomic mass is 16.4. The third-order valence-electron chi connectivity index (χ3n) is 4.36. The lowest BCUT2D eigenvalue weighted by molar-refractivity contribution is -0.141. The predicted molar refractivity (Wildman–Crippen MR) is 52.0 cm³/mol. The average molecular weight is 195 g/mol. The van der Waals surface area contributed by atoms with Gasteiger partial charge in [0.25, 0.3) is 0 Å². The van der Waals surface area contributed by atoms with Crippen LogP contribution in [0, 0.1) is 11.8 Å². The Morgan fingerprint density at radius 2 is 2.07 bits per heavy atom. The lowest BCUT2D eigenvalue weighted by Gasteiger charge is -2.26. The van der Waals surface area contributed by atoms with Gasteiger partial charge < -0.3 is 5.11 Å². The summed E-state index contributed by atoms with van der Waals surface area (Å²) in [6.07, 6.45) is 6.92. The van der Waals surface area contributed by atoms with Crippen molar-refractivity contribution in [2.24, 2.45) is 11.8 Å². The van der Waals surface area contributed by atoms with Crippen molar-refractivity contribution in [1.29, 1.82) is 0 Å². The maximum Gasteiger partial charge on any atom is 0.323 e. The molecular weight excluding hydrogens is 178 g/mol. The van der Waals surface area contributed by atoms with Crippen LogP contribution < -0.4 is 5.32 Å². The highest BCUT2D eigenvalue weighted by molar-refractivity contribution is 5.82. The number of carbonyl (C=O) groups is 1. The van der Waals surface area contributed by atoms with Crippen LogP contribution in [0.25, 0.3) is 0 Å². The normalized spacial score (nSPS) is 42.7. The number of hydrogen-bond acceptors (Lipinski definition) is 2. The van der Waals surface area contributed by atoms with Gasteiger partial charge in [-0.3, -0.25) is 10.1 Å². The first kappa shape index (κ1) is 8.72. The summed E-state index contributed by atoms with van der Waals surface area (Å²) in [5, 5.41) is 12.5. The summed E-state index contributed by atoms with van der Waals surface area (Å²) in [6, 6.07) is 0.507. The Bertz CT molecular complexity index is 272. The van der Waals surface area contributed by atoms with Gasteiger partial charge >= 0.3 is 5.97 Å². The number of carboxylic acid groups (broad SMARTS) is 1. The van der Waals surface area contributed by atoms with Crippen LogP contribution in [-0.2, 0) is 4.79 Å². The third kappa shape index (κ3) is 1.18. The average Bonchev–Trinajstić information content (AvgIpc) is 2.66. The second-order valence-electron chi connectivity index (χ2n) is 5.31. The van der Waals surface area contributed by atoms with Gasteiger partial charge in [0.15, 0.2) is 0 Å². The highest BCUT2D eigenvalue weighted by Gasteiger charge is 2.53. The Morgan fingerprint density at radius 3 is 2.50 bits per heavy atom. The van der Waals surface area contributed by atoms with E-state index < -0.39 is 11.5 Å². The zero-order valence-corrected chi connectivity index (χ0v) is 8.33. The molecule has 0 heterocycles. The molecule has 0 saturated heterocycles. The topological polar surface area (TPSA) is 49.3 Å². The molecule has 0 aliphatic heterocycles. The van der Waals surface area contributed by atoms with E-state index in [-0.39, 0.29) is 0 Å². The molecule has 0 aromatic rings. The summed E-state index contributed by atoms with van der Waals surface area (Å²) in [7, 11) is 0. The van der Waals surface area contributed by atoms with E-state index in [1.54, 1.807) is 0 Å². The third-order valence-corrected chi connectivity index (χ3v) is 4.36. The SMILES string of the molecule is O=C(O)C1(NC2CC3CCC2C3)CC1. The zero-order chi connectivity index (χ0) is 9.76. The smallest absolute Gasteiger partial charge is 0.323 e. The summed E-state index contributed by atoms with van der Waals surface area (Å²) < 4.78 is 0. The molecule has 0 amide bonds. The molecule has 3 aliphatic rings. The zero-order valence-electron chi connectivity index (χ0n) is 8.33. The van der Waals surface area contributed by atoms with Gasteiger partial charge in [-0.05, 0) is 43.9 Å². The quantitative estimate of drug-likeness (QED) is 0.715. The fraction of sp³-hybridized carbons (Fsp3) is 0.909. The molecule has 14 heavy (non-hydrogen) atoms. The minimum Gasteiger partial charge on any atom is -0.480 e. The fourth-order valence-electron chi connectivity index (χ4n) is 3.32. The minimum atomic E-state index is -0.639. The molecule has 3 aliphatic carbocycles. The van der Waals surface area contributed by atoms with Gasteiger partial charge in [0.1, 0.15) is 5.54 Å². The molecule has 2 bridgehead atoms. The molecule has 0 spiro atoms. The van der Waals surface area contributed by atoms with E-state index >= 15 is 0 Å². The van der Waals surface area contributed by atoms with Gasteiger partial charge in [0.2, 0.25) is 0 Å². The van der Waals surface area contributed by atoms with Crippen molar-refractivity contribution in [3.8, 4) is 0 Å². The van der Waals surface area contributed by atoms with Crippen molar-refractivity contribution < 1.29 is 9.90 Å². The standard InChI is InChI=1S/C11H17NO2/c13-10(14)11(3-4-11)12-9-6-7-1-2-8(9)5-7/h7-9,12H,1-6H2,(H,13,14). The van der Waals surface area contributed by atoms with Crippen molar-refractivity contribution in [2.45, 2.75) is 50.1 Å². The maximum absolute atomic E-state index is 11.0. The predicted octanol–water partition coefficient (Wildman–Crippen LogP) is 1.38. The van der Waals surface area contributed by atoms with Gasteiger partial charge in [-0.1, -0.05) is 6.42 Å². The van der Waals surface area contributed by atoms with Crippen LogP contribution in [-0.4, -0.2) is 22.7 Å². The molecule has 3 saturated carbocycles. The fourth-order valence-corrected chi connectivity index (χ4v) is 3.32. The first-order valence-electron chi connectivity index (χ1n) is 5.71. The molecule has 3 heteroatoms. The summed E-state index contributed by atoms with van der Waals surface area (Å²) in [5.41, 5.74) is -0.519. The largest absolute Gasteiger partial charge is 0.480 e. The monoisotopic (exact) mass is 195 g/mol. The van der Waals surface area contributed by atoms with Gasteiger partial charge in [0, 0.05) is 6.04 Å². The first-order valence-corrected chi connectivity index (χ1v) is 5.71. The van der Waals surface area contributed by atoms with E-state index in [0.29, 0.717) is 6.04 Å². The van der Waals surface area contributed by atoms with E-state index in [4.69, 9.17) is 5.11 Å². The molecule has 3 atom stereocenters. The van der Waals surface area contributed by atoms with Crippen molar-refractivity contribution in [2.75, 3.05) is 0 Å². The van der Waals surface area contributed by atoms with Crippen molar-refractivity contribution >= 4 is 5.97 Å². The number of aliphatic carboxylic acids is 1. The Balaban J connectivity index is 1.66. The van der Waals surface area contributed by atoms with Crippen LogP contribution in [0.2, 0.25) is 0 Å². The molecular formula is C11H17NO2. The Hall–Kier alpha value is -0.570. The second-order valence-corrected chi connectivity index (χ2v) is 5.31. The summed E-state index contributed by atoms with van der Waals surface area (Å²) in [6.45, 7) is 0. The van der Waals surface area contributed by atoms with Gasteiger partial charge in [-0.25, -0.2) is 0 Å². The van der Waals surface area contributed by atoms with Crippen molar-refractivity contribution in [1.82, 2.24) is 5.32 Å². The molecule has 3 fully saturated rings. The summed E-state index contributed by atoms with van der Waals surface area (Å²) in [5.74, 6) is 1.03. The molecule has 0 radical (unpaired) electrons. The van der Waals surface area contributed by atoms with E-state index in [1.165, 1.54) is 25.7 Å². The van der Waals surface area contributed by atoms with Crippen molar-refractivity contribution in [3.63, 3.8) is 0 Å². The van der Waals surface area contributed by atoms with Crippen LogP contribution in [0.1, 0.15) is 38.5 Å². The van der Waals surface area contributed by atoms with E-state index in [2.05, 4.69) is 5.32 Å². The van der Waals surface area contributed by atoms with E-state index in [1.807, 2.05) is 0 Å². The van der Waals surface area contributed by atoms with Gasteiger partial charge in [0.05, 0.1) is 0 Å². The number of fused-ring (bicyclic) bond motifs is 2. The summed E-state index contributed by atoms with van der Waals surface area (Å²) >= 11 is 0. The molecule has 3 nitrogen and oxygen atoms in total. The van der Waals surface area contributed by atoms with Crippen LogP contribution in [0.3, 0.4) is 0 Å². The molecule has 0 aromatic carbocycles. The van der Waals surface area contributed by atoms with E-state index in [9.17, 15) is 4.79 Å². The van der Waals surface area contributed by atoms with Crippen LogP contribution >= 0.6 is 0 Å². The van der Waals surface area contributed by atoms with Crippen LogP contribution in [0.4, 0.5) is 0 Å². The molecule has 3 unspecified atom stereocenters. The number of hydrogen-bond donors (Lipinski definition) is 2. The molecule has 0 aromatic heterocycles.